The summed E-state index contributed by atoms with van der Waals surface area (Å²) < 4.78 is 9.65. The van der Waals surface area contributed by atoms with Crippen molar-refractivity contribution < 1.29 is 23.9 Å². The lowest BCUT2D eigenvalue weighted by Gasteiger charge is -2.09. The molecular formula is C23H20N2O5. The van der Waals surface area contributed by atoms with Gasteiger partial charge in [0.15, 0.2) is 0 Å². The normalized spacial score (nSPS) is 10.0. The summed E-state index contributed by atoms with van der Waals surface area (Å²) in [6.07, 6.45) is -0.797. The number of amides is 2. The minimum absolute atomic E-state index is 0.211. The molecule has 30 heavy (non-hydrogen) atoms. The van der Waals surface area contributed by atoms with Crippen molar-refractivity contribution >= 4 is 29.3 Å². The number of carbonyl (C=O) groups excluding carboxylic acids is 3. The van der Waals surface area contributed by atoms with Crippen LogP contribution in [0.5, 0.6) is 5.75 Å². The smallest absolute Gasteiger partial charge is 0.434 e. The Morgan fingerprint density at radius 1 is 0.700 bits per heavy atom. The first-order chi connectivity index (χ1) is 14.5. The van der Waals surface area contributed by atoms with E-state index in [2.05, 4.69) is 10.6 Å². The molecule has 0 bridgehead atoms. The average Bonchev–Trinajstić information content (AvgIpc) is 2.76. The Kier molecular flexibility index (Phi) is 6.78. The van der Waals surface area contributed by atoms with Gasteiger partial charge in [-0.3, -0.25) is 9.59 Å². The number of anilines is 2. The standard InChI is InChI=1S/C23H20N2O5/c1-2-29-23(28)30-20-14-8-17(9-15-20)22(27)25-19-12-10-18(11-13-19)24-21(26)16-6-4-3-5-7-16/h3-15H,2H2,1H3,(H,24,26)(H,25,27). The molecule has 0 atom stereocenters. The Labute approximate surface area is 173 Å². The third-order valence-corrected chi connectivity index (χ3v) is 4.02. The second-order valence-corrected chi connectivity index (χ2v) is 6.16. The van der Waals surface area contributed by atoms with Crippen molar-refractivity contribution in [3.05, 3.63) is 90.0 Å². The quantitative estimate of drug-likeness (QED) is 0.458. The van der Waals surface area contributed by atoms with Crippen LogP contribution in [0.1, 0.15) is 27.6 Å². The largest absolute Gasteiger partial charge is 0.513 e. The molecule has 0 heterocycles. The molecule has 0 radical (unpaired) electrons. The summed E-state index contributed by atoms with van der Waals surface area (Å²) in [6.45, 7) is 1.90. The first kappa shape index (κ1) is 20.6. The third-order valence-electron chi connectivity index (χ3n) is 4.02. The second-order valence-electron chi connectivity index (χ2n) is 6.16. The fraction of sp³-hybridized carbons (Fsp3) is 0.0870. The van der Waals surface area contributed by atoms with Gasteiger partial charge in [-0.05, 0) is 67.6 Å². The molecular weight excluding hydrogens is 384 g/mol. The minimum Gasteiger partial charge on any atom is -0.434 e. The highest BCUT2D eigenvalue weighted by atomic mass is 16.7. The summed E-state index contributed by atoms with van der Waals surface area (Å²) in [5, 5.41) is 5.56. The summed E-state index contributed by atoms with van der Waals surface area (Å²) in [6, 6.07) is 21.8. The van der Waals surface area contributed by atoms with E-state index >= 15 is 0 Å². The van der Waals surface area contributed by atoms with Crippen LogP contribution in [0, 0.1) is 0 Å². The number of rotatable bonds is 6. The van der Waals surface area contributed by atoms with Crippen molar-refractivity contribution in [1.29, 1.82) is 0 Å². The van der Waals surface area contributed by atoms with E-state index in [-0.39, 0.29) is 24.2 Å². The Balaban J connectivity index is 1.56. The lowest BCUT2D eigenvalue weighted by atomic mass is 10.2. The molecule has 0 unspecified atom stereocenters. The van der Waals surface area contributed by atoms with Crippen LogP contribution >= 0.6 is 0 Å². The molecule has 2 amide bonds. The van der Waals surface area contributed by atoms with Crippen LogP contribution in [0.25, 0.3) is 0 Å². The van der Waals surface area contributed by atoms with Gasteiger partial charge in [0.05, 0.1) is 6.61 Å². The van der Waals surface area contributed by atoms with Gasteiger partial charge in [0, 0.05) is 22.5 Å². The van der Waals surface area contributed by atoms with Gasteiger partial charge in [-0.25, -0.2) is 4.79 Å². The molecule has 0 aromatic heterocycles. The summed E-state index contributed by atoms with van der Waals surface area (Å²) >= 11 is 0. The zero-order chi connectivity index (χ0) is 21.3. The molecule has 0 aliphatic heterocycles. The number of benzene rings is 3. The Bertz CT molecular complexity index is 1020. The number of ether oxygens (including phenoxy) is 2. The van der Waals surface area contributed by atoms with E-state index in [9.17, 15) is 14.4 Å². The topological polar surface area (TPSA) is 93.7 Å². The zero-order valence-corrected chi connectivity index (χ0v) is 16.3. The fourth-order valence-electron chi connectivity index (χ4n) is 2.55. The monoisotopic (exact) mass is 404 g/mol. The van der Waals surface area contributed by atoms with Crippen molar-refractivity contribution in [2.24, 2.45) is 0 Å². The Morgan fingerprint density at radius 2 is 1.20 bits per heavy atom. The molecule has 0 saturated carbocycles. The third kappa shape index (κ3) is 5.68. The van der Waals surface area contributed by atoms with Crippen molar-refractivity contribution in [2.75, 3.05) is 17.2 Å². The van der Waals surface area contributed by atoms with Gasteiger partial charge in [0.25, 0.3) is 11.8 Å². The van der Waals surface area contributed by atoms with Crippen LogP contribution < -0.4 is 15.4 Å². The molecule has 0 aliphatic carbocycles. The van der Waals surface area contributed by atoms with Crippen LogP contribution in [0.2, 0.25) is 0 Å². The lowest BCUT2D eigenvalue weighted by Crippen LogP contribution is -2.13. The average molecular weight is 404 g/mol. The molecule has 3 aromatic carbocycles. The molecule has 0 fully saturated rings. The minimum atomic E-state index is -0.797. The van der Waals surface area contributed by atoms with Gasteiger partial charge in [0.2, 0.25) is 0 Å². The maximum Gasteiger partial charge on any atom is 0.513 e. The van der Waals surface area contributed by atoms with Crippen LogP contribution in [0.15, 0.2) is 78.9 Å². The van der Waals surface area contributed by atoms with Gasteiger partial charge in [-0.15, -0.1) is 0 Å². The van der Waals surface area contributed by atoms with Crippen molar-refractivity contribution in [3.63, 3.8) is 0 Å². The summed E-state index contributed by atoms with van der Waals surface area (Å²) in [4.78, 5) is 35.9. The van der Waals surface area contributed by atoms with E-state index in [4.69, 9.17) is 9.47 Å². The van der Waals surface area contributed by atoms with Crippen LogP contribution in [-0.4, -0.2) is 24.6 Å². The zero-order valence-electron chi connectivity index (χ0n) is 16.3. The summed E-state index contributed by atoms with van der Waals surface area (Å²) in [5.41, 5.74) is 2.14. The maximum atomic E-state index is 12.4. The number of carbonyl (C=O) groups is 3. The lowest BCUT2D eigenvalue weighted by molar-refractivity contribution is 0.101. The SMILES string of the molecule is CCOC(=O)Oc1ccc(C(=O)Nc2ccc(NC(=O)c3ccccc3)cc2)cc1. The predicted molar refractivity (Wildman–Crippen MR) is 113 cm³/mol. The summed E-state index contributed by atoms with van der Waals surface area (Å²) in [5.74, 6) is -0.250. The molecule has 7 nitrogen and oxygen atoms in total. The maximum absolute atomic E-state index is 12.4. The van der Waals surface area contributed by atoms with E-state index in [1.165, 1.54) is 12.1 Å². The van der Waals surface area contributed by atoms with Crippen LogP contribution in [0.3, 0.4) is 0 Å². The van der Waals surface area contributed by atoms with Crippen molar-refractivity contribution in [2.45, 2.75) is 6.92 Å². The van der Waals surface area contributed by atoms with Crippen LogP contribution in [0.4, 0.5) is 16.2 Å². The molecule has 0 spiro atoms. The predicted octanol–water partition coefficient (Wildman–Crippen LogP) is 4.73. The second kappa shape index (κ2) is 9.88. The van der Waals surface area contributed by atoms with Crippen molar-refractivity contribution in [1.82, 2.24) is 0 Å². The number of nitrogens with one attached hydrogen (secondary N) is 2. The van der Waals surface area contributed by atoms with Gasteiger partial charge in [0.1, 0.15) is 5.75 Å². The Hall–Kier alpha value is -4.13. The highest BCUT2D eigenvalue weighted by Gasteiger charge is 2.10. The van der Waals surface area contributed by atoms with E-state index in [0.717, 1.165) is 0 Å². The molecule has 7 heteroatoms. The Morgan fingerprint density at radius 3 is 1.70 bits per heavy atom. The molecule has 0 saturated heterocycles. The first-order valence-corrected chi connectivity index (χ1v) is 9.27. The molecule has 0 aliphatic rings. The van der Waals surface area contributed by atoms with Gasteiger partial charge >= 0.3 is 6.16 Å². The van der Waals surface area contributed by atoms with Gasteiger partial charge < -0.3 is 20.1 Å². The summed E-state index contributed by atoms with van der Waals surface area (Å²) in [7, 11) is 0. The van der Waals surface area contributed by atoms with Crippen LogP contribution in [-0.2, 0) is 4.74 Å². The molecule has 2 N–H and O–H groups in total. The molecule has 3 aromatic rings. The number of hydrogen-bond donors (Lipinski definition) is 2. The van der Waals surface area contributed by atoms with E-state index < -0.39 is 6.16 Å². The molecule has 3 rings (SSSR count). The van der Waals surface area contributed by atoms with E-state index in [1.807, 2.05) is 6.07 Å². The van der Waals surface area contributed by atoms with E-state index in [1.54, 1.807) is 67.6 Å². The highest BCUT2D eigenvalue weighted by molar-refractivity contribution is 6.05. The molecule has 152 valence electrons. The van der Waals surface area contributed by atoms with Gasteiger partial charge in [-0.2, -0.15) is 0 Å². The van der Waals surface area contributed by atoms with Gasteiger partial charge in [-0.1, -0.05) is 18.2 Å². The fourth-order valence-corrected chi connectivity index (χ4v) is 2.55. The highest BCUT2D eigenvalue weighted by Crippen LogP contribution is 2.17. The number of hydrogen-bond acceptors (Lipinski definition) is 5. The van der Waals surface area contributed by atoms with E-state index in [0.29, 0.717) is 22.5 Å². The van der Waals surface area contributed by atoms with Crippen molar-refractivity contribution in [3.8, 4) is 5.75 Å². The first-order valence-electron chi connectivity index (χ1n) is 9.27.